The molecule has 0 atom stereocenters. The molecule has 1 aromatic carbocycles. The van der Waals surface area contributed by atoms with Gasteiger partial charge in [0.15, 0.2) is 6.61 Å². The minimum atomic E-state index is -0.588. The van der Waals surface area contributed by atoms with Gasteiger partial charge in [0, 0.05) is 29.3 Å². The molecule has 0 aliphatic heterocycles. The van der Waals surface area contributed by atoms with E-state index in [0.717, 1.165) is 10.4 Å². The van der Waals surface area contributed by atoms with E-state index in [1.807, 2.05) is 18.4 Å². The number of hydrogen-bond acceptors (Lipinski definition) is 5. The van der Waals surface area contributed by atoms with Gasteiger partial charge in [0.25, 0.3) is 5.91 Å². The topological polar surface area (TPSA) is 84.5 Å². The van der Waals surface area contributed by atoms with Gasteiger partial charge in [-0.3, -0.25) is 9.59 Å². The second-order valence-electron chi connectivity index (χ2n) is 5.22. The highest BCUT2D eigenvalue weighted by Crippen LogP contribution is 2.17. The number of ether oxygens (including phenoxy) is 1. The Bertz CT molecular complexity index is 811. The molecule has 6 nitrogen and oxygen atoms in total. The molecule has 2 rings (SSSR count). The molecule has 0 bridgehead atoms. The number of thiophene rings is 1. The van der Waals surface area contributed by atoms with Crippen LogP contribution in [0, 0.1) is 6.92 Å². The van der Waals surface area contributed by atoms with Crippen molar-refractivity contribution in [1.29, 1.82) is 0 Å². The Hall–Kier alpha value is -2.93. The van der Waals surface area contributed by atoms with Gasteiger partial charge >= 0.3 is 5.97 Å². The Balaban J connectivity index is 1.82. The molecule has 1 heterocycles. The summed E-state index contributed by atoms with van der Waals surface area (Å²) in [5, 5.41) is 7.15. The molecule has 0 saturated heterocycles. The van der Waals surface area contributed by atoms with Crippen molar-refractivity contribution >= 4 is 46.6 Å². The van der Waals surface area contributed by atoms with Gasteiger partial charge in [0.2, 0.25) is 5.91 Å². The largest absolute Gasteiger partial charge is 0.452 e. The first-order valence-corrected chi connectivity index (χ1v) is 8.38. The lowest BCUT2D eigenvalue weighted by Crippen LogP contribution is -2.20. The summed E-state index contributed by atoms with van der Waals surface area (Å²) in [6.07, 6.45) is 2.96. The van der Waals surface area contributed by atoms with Gasteiger partial charge < -0.3 is 15.4 Å². The summed E-state index contributed by atoms with van der Waals surface area (Å²) in [6.45, 7) is 2.96. The zero-order valence-electron chi connectivity index (χ0n) is 13.9. The minimum absolute atomic E-state index is 0.204. The number of esters is 1. The first-order chi connectivity index (χ1) is 11.9. The van der Waals surface area contributed by atoms with Gasteiger partial charge in [0.05, 0.1) is 0 Å². The van der Waals surface area contributed by atoms with Gasteiger partial charge in [-0.25, -0.2) is 4.79 Å². The highest BCUT2D eigenvalue weighted by Gasteiger charge is 2.07. The van der Waals surface area contributed by atoms with E-state index in [0.29, 0.717) is 11.4 Å². The van der Waals surface area contributed by atoms with E-state index in [9.17, 15) is 14.4 Å². The highest BCUT2D eigenvalue weighted by molar-refractivity contribution is 7.11. The van der Waals surface area contributed by atoms with E-state index in [2.05, 4.69) is 10.6 Å². The van der Waals surface area contributed by atoms with E-state index >= 15 is 0 Å². The summed E-state index contributed by atoms with van der Waals surface area (Å²) in [4.78, 5) is 35.5. The molecule has 0 saturated carbocycles. The lowest BCUT2D eigenvalue weighted by atomic mass is 10.2. The summed E-state index contributed by atoms with van der Waals surface area (Å²) < 4.78 is 4.91. The van der Waals surface area contributed by atoms with Crippen LogP contribution < -0.4 is 10.6 Å². The Morgan fingerprint density at radius 3 is 2.52 bits per heavy atom. The molecule has 25 heavy (non-hydrogen) atoms. The van der Waals surface area contributed by atoms with Crippen LogP contribution in [-0.4, -0.2) is 24.4 Å². The van der Waals surface area contributed by atoms with Crippen LogP contribution in [0.1, 0.15) is 17.4 Å². The van der Waals surface area contributed by atoms with Crippen molar-refractivity contribution in [1.82, 2.24) is 0 Å². The maximum atomic E-state index is 11.8. The number of carbonyl (C=O) groups is 3. The SMILES string of the molecule is CC(=O)Nc1cccc(NC(=O)COC(=O)/C=C/c2sccc2C)c1. The second-order valence-corrected chi connectivity index (χ2v) is 6.17. The van der Waals surface area contributed by atoms with Crippen LogP contribution in [0.2, 0.25) is 0 Å². The highest BCUT2D eigenvalue weighted by atomic mass is 32.1. The van der Waals surface area contributed by atoms with Crippen molar-refractivity contribution in [3.8, 4) is 0 Å². The number of aryl methyl sites for hydroxylation is 1. The van der Waals surface area contributed by atoms with E-state index in [4.69, 9.17) is 4.74 Å². The van der Waals surface area contributed by atoms with Crippen LogP contribution in [0.25, 0.3) is 6.08 Å². The van der Waals surface area contributed by atoms with Crippen molar-refractivity contribution < 1.29 is 19.1 Å². The smallest absolute Gasteiger partial charge is 0.331 e. The predicted octanol–water partition coefficient (Wildman–Crippen LogP) is 3.21. The van der Waals surface area contributed by atoms with Crippen LogP contribution in [0.5, 0.6) is 0 Å². The van der Waals surface area contributed by atoms with Gasteiger partial charge in [-0.15, -0.1) is 11.3 Å². The number of nitrogens with one attached hydrogen (secondary N) is 2. The average molecular weight is 358 g/mol. The van der Waals surface area contributed by atoms with Gasteiger partial charge in [0.1, 0.15) is 0 Å². The second kappa shape index (κ2) is 8.79. The number of rotatable bonds is 6. The third-order valence-electron chi connectivity index (χ3n) is 3.08. The number of carbonyl (C=O) groups excluding carboxylic acids is 3. The standard InChI is InChI=1S/C18H18N2O4S/c1-12-8-9-25-16(12)6-7-18(23)24-11-17(22)20-15-5-3-4-14(10-15)19-13(2)21/h3-10H,11H2,1-2H3,(H,19,21)(H,20,22)/b7-6+. The van der Waals surface area contributed by atoms with Gasteiger partial charge in [-0.1, -0.05) is 6.07 Å². The lowest BCUT2D eigenvalue weighted by Gasteiger charge is -2.07. The Morgan fingerprint density at radius 1 is 1.16 bits per heavy atom. The molecule has 0 aliphatic carbocycles. The molecule has 2 aromatic rings. The molecule has 0 spiro atoms. The molecule has 0 aliphatic rings. The van der Waals surface area contributed by atoms with Crippen LogP contribution in [0.15, 0.2) is 41.8 Å². The molecule has 130 valence electrons. The number of anilines is 2. The Morgan fingerprint density at radius 2 is 1.88 bits per heavy atom. The minimum Gasteiger partial charge on any atom is -0.452 e. The van der Waals surface area contributed by atoms with E-state index < -0.39 is 18.5 Å². The quantitative estimate of drug-likeness (QED) is 0.613. The zero-order chi connectivity index (χ0) is 18.2. The molecule has 0 radical (unpaired) electrons. The molecule has 7 heteroatoms. The maximum Gasteiger partial charge on any atom is 0.331 e. The third kappa shape index (κ3) is 6.23. The van der Waals surface area contributed by atoms with E-state index in [-0.39, 0.29) is 5.91 Å². The lowest BCUT2D eigenvalue weighted by molar-refractivity contribution is -0.142. The average Bonchev–Trinajstić information content (AvgIpc) is 2.96. The fourth-order valence-electron chi connectivity index (χ4n) is 1.96. The predicted molar refractivity (Wildman–Crippen MR) is 98.4 cm³/mol. The van der Waals surface area contributed by atoms with Crippen molar-refractivity contribution in [2.75, 3.05) is 17.2 Å². The molecular formula is C18H18N2O4S. The first kappa shape index (κ1) is 18.4. The van der Waals surface area contributed by atoms with Crippen LogP contribution >= 0.6 is 11.3 Å². The number of hydrogen-bond donors (Lipinski definition) is 2. The fraction of sp³-hybridized carbons (Fsp3) is 0.167. The van der Waals surface area contributed by atoms with Crippen molar-refractivity contribution in [2.24, 2.45) is 0 Å². The third-order valence-corrected chi connectivity index (χ3v) is 4.07. The van der Waals surface area contributed by atoms with Crippen molar-refractivity contribution in [2.45, 2.75) is 13.8 Å². The summed E-state index contributed by atoms with van der Waals surface area (Å²) >= 11 is 1.52. The molecule has 1 aromatic heterocycles. The van der Waals surface area contributed by atoms with Gasteiger partial charge in [-0.05, 0) is 48.2 Å². The van der Waals surface area contributed by atoms with Crippen LogP contribution in [0.4, 0.5) is 11.4 Å². The fourth-order valence-corrected chi connectivity index (χ4v) is 2.78. The van der Waals surface area contributed by atoms with E-state index in [1.165, 1.54) is 24.3 Å². The molecular weight excluding hydrogens is 340 g/mol. The monoisotopic (exact) mass is 358 g/mol. The molecule has 0 fully saturated rings. The van der Waals surface area contributed by atoms with E-state index in [1.54, 1.807) is 30.3 Å². The molecule has 2 amide bonds. The van der Waals surface area contributed by atoms with Crippen LogP contribution in [-0.2, 0) is 19.1 Å². The van der Waals surface area contributed by atoms with Crippen molar-refractivity contribution in [3.63, 3.8) is 0 Å². The normalized spacial score (nSPS) is 10.5. The molecule has 0 unspecified atom stereocenters. The summed E-state index contributed by atoms with van der Waals surface area (Å²) in [5.41, 5.74) is 2.14. The van der Waals surface area contributed by atoms with Crippen molar-refractivity contribution in [3.05, 3.63) is 52.2 Å². The zero-order valence-corrected chi connectivity index (χ0v) is 14.7. The maximum absolute atomic E-state index is 11.8. The summed E-state index contributed by atoms with van der Waals surface area (Å²) in [7, 11) is 0. The van der Waals surface area contributed by atoms with Crippen LogP contribution in [0.3, 0.4) is 0 Å². The number of amides is 2. The summed E-state index contributed by atoms with van der Waals surface area (Å²) in [6, 6.07) is 8.64. The Labute approximate surface area is 149 Å². The van der Waals surface area contributed by atoms with Gasteiger partial charge in [-0.2, -0.15) is 0 Å². The molecule has 2 N–H and O–H groups in total. The Kier molecular flexibility index (Phi) is 6.47. The summed E-state index contributed by atoms with van der Waals surface area (Å²) in [5.74, 6) is -1.26. The first-order valence-electron chi connectivity index (χ1n) is 7.50. The number of benzene rings is 1.